The fourth-order valence-corrected chi connectivity index (χ4v) is 11.3. The highest BCUT2D eigenvalue weighted by Crippen LogP contribution is 2.53. The maximum Gasteiger partial charge on any atom is 0.164 e. The van der Waals surface area contributed by atoms with Gasteiger partial charge in [0.1, 0.15) is 71.4 Å². The number of hydrogen-bond acceptors (Lipinski definition) is 10. The Balaban J connectivity index is 1.03. The van der Waals surface area contributed by atoms with Crippen molar-refractivity contribution in [2.45, 2.75) is 48.8 Å². The molecule has 4 aromatic carbocycles. The molecule has 3 aromatic heterocycles. The third-order valence-corrected chi connectivity index (χ3v) is 14.1. The molecule has 12 nitrogen and oxygen atoms in total. The van der Waals surface area contributed by atoms with Crippen LogP contribution in [0.15, 0.2) is 97.1 Å². The van der Waals surface area contributed by atoms with Crippen LogP contribution in [0.25, 0.3) is 89.7 Å². The molecule has 10 aliphatic heterocycles. The molecule has 8 unspecified atom stereocenters. The summed E-state index contributed by atoms with van der Waals surface area (Å²) in [6.45, 7) is 0. The van der Waals surface area contributed by atoms with Crippen molar-refractivity contribution < 1.29 is 18.9 Å². The van der Waals surface area contributed by atoms with Crippen LogP contribution in [0, 0.1) is 0 Å². The minimum absolute atomic E-state index is 0.0913. The number of hydrogen-bond donors (Lipinski definition) is 2. The molecule has 16 bridgehead atoms. The van der Waals surface area contributed by atoms with Gasteiger partial charge in [-0.15, -0.1) is 0 Å². The minimum Gasteiger partial charge on any atom is -0.357 e. The number of nitrogens with one attached hydrogen (secondary N) is 2. The summed E-state index contributed by atoms with van der Waals surface area (Å²) in [5.41, 5.74) is 15.3. The Morgan fingerprint density at radius 3 is 0.733 bits per heavy atom. The van der Waals surface area contributed by atoms with E-state index in [1.165, 1.54) is 0 Å². The highest BCUT2D eigenvalue weighted by atomic mass is 16.5. The van der Waals surface area contributed by atoms with E-state index in [1.54, 1.807) is 0 Å². The van der Waals surface area contributed by atoms with Crippen molar-refractivity contribution in [3.63, 3.8) is 0 Å². The minimum atomic E-state index is -0.0947. The second-order valence-corrected chi connectivity index (χ2v) is 17.2. The number of aromatic amines is 2. The van der Waals surface area contributed by atoms with Crippen LogP contribution in [0.1, 0.15) is 93.3 Å². The van der Waals surface area contributed by atoms with Gasteiger partial charge in [0.05, 0.1) is 0 Å². The van der Waals surface area contributed by atoms with Crippen molar-refractivity contribution in [2.24, 2.45) is 0 Å². The van der Waals surface area contributed by atoms with Crippen LogP contribution in [0.2, 0.25) is 0 Å². The third kappa shape index (κ3) is 3.58. The average Bonchev–Trinajstić information content (AvgIpc) is 4.13. The molecule has 17 rings (SSSR count). The topological polar surface area (TPSA) is 146 Å². The highest BCUT2D eigenvalue weighted by molar-refractivity contribution is 6.07. The Kier molecular flexibility index (Phi) is 4.97. The fraction of sp³-hybridized carbons (Fsp3) is 0.167. The van der Waals surface area contributed by atoms with E-state index in [4.69, 9.17) is 48.9 Å². The van der Waals surface area contributed by atoms with Crippen LogP contribution in [0.5, 0.6) is 0 Å². The van der Waals surface area contributed by atoms with Crippen molar-refractivity contribution in [3.8, 4) is 45.6 Å². The number of aromatic nitrogens is 8. The van der Waals surface area contributed by atoms with Crippen LogP contribution in [-0.4, -0.2) is 39.9 Å². The van der Waals surface area contributed by atoms with E-state index in [2.05, 4.69) is 107 Å². The molecule has 10 aliphatic rings. The molecule has 0 saturated heterocycles. The number of H-pyrrole nitrogens is 2. The van der Waals surface area contributed by atoms with Crippen molar-refractivity contribution in [2.75, 3.05) is 0 Å². The lowest BCUT2D eigenvalue weighted by Gasteiger charge is -2.10. The molecule has 0 saturated carbocycles. The SMILES string of the molecule is C1=CC2OC1c1cc3c(cc12)-c1nc-3nc2[nH]c(nc3nc(nc4[nH]c(n1)c1cc5c(cc41)C1C=CC5O1)-c1cc4c(cc1-3)C1C=CC4O1)c1cc3c(cc21)C1C=CC3O1. The number of rotatable bonds is 0. The zero-order valence-corrected chi connectivity index (χ0v) is 31.2. The van der Waals surface area contributed by atoms with Gasteiger partial charge in [0.15, 0.2) is 23.3 Å². The van der Waals surface area contributed by atoms with Gasteiger partial charge in [0, 0.05) is 43.8 Å². The molecule has 282 valence electrons. The summed E-state index contributed by atoms with van der Waals surface area (Å²) in [5, 5.41) is 3.72. The van der Waals surface area contributed by atoms with Crippen LogP contribution >= 0.6 is 0 Å². The van der Waals surface area contributed by atoms with Gasteiger partial charge in [0.2, 0.25) is 0 Å². The Hall–Kier alpha value is -6.96. The van der Waals surface area contributed by atoms with Gasteiger partial charge in [-0.25, -0.2) is 29.9 Å². The van der Waals surface area contributed by atoms with Gasteiger partial charge in [-0.1, -0.05) is 48.6 Å². The number of benzene rings is 4. The molecule has 0 aliphatic carbocycles. The van der Waals surface area contributed by atoms with Crippen LogP contribution < -0.4 is 0 Å². The first-order chi connectivity index (χ1) is 29.6. The van der Waals surface area contributed by atoms with Gasteiger partial charge >= 0.3 is 0 Å². The fourth-order valence-electron chi connectivity index (χ4n) is 11.3. The van der Waals surface area contributed by atoms with Gasteiger partial charge in [0.25, 0.3) is 0 Å². The van der Waals surface area contributed by atoms with Gasteiger partial charge < -0.3 is 28.9 Å². The molecule has 0 spiro atoms. The van der Waals surface area contributed by atoms with Gasteiger partial charge in [-0.3, -0.25) is 0 Å². The van der Waals surface area contributed by atoms with E-state index in [-0.39, 0.29) is 48.8 Å². The lowest BCUT2D eigenvalue weighted by atomic mass is 9.92. The predicted octanol–water partition coefficient (Wildman–Crippen LogP) is 9.60. The summed E-state index contributed by atoms with van der Waals surface area (Å²) in [6.07, 6.45) is 16.3. The second kappa shape index (κ2) is 9.90. The van der Waals surface area contributed by atoms with E-state index in [1.807, 2.05) is 0 Å². The summed E-state index contributed by atoms with van der Waals surface area (Å²) in [6, 6.07) is 17.6. The second-order valence-electron chi connectivity index (χ2n) is 17.2. The van der Waals surface area contributed by atoms with Crippen LogP contribution in [0.4, 0.5) is 0 Å². The summed E-state index contributed by atoms with van der Waals surface area (Å²) in [7, 11) is 0. The zero-order valence-electron chi connectivity index (χ0n) is 31.2. The lowest BCUT2D eigenvalue weighted by Crippen LogP contribution is -1.95. The van der Waals surface area contributed by atoms with Gasteiger partial charge in [-0.2, -0.15) is 0 Å². The van der Waals surface area contributed by atoms with E-state index >= 15 is 0 Å². The van der Waals surface area contributed by atoms with E-state index in [0.29, 0.717) is 45.9 Å². The molecule has 2 N–H and O–H groups in total. The monoisotopic (exact) mass is 778 g/mol. The number of nitrogens with zero attached hydrogens (tertiary/aromatic N) is 6. The first-order valence-corrected chi connectivity index (χ1v) is 20.5. The number of fused-ring (bicyclic) bond motifs is 40. The van der Waals surface area contributed by atoms with E-state index in [9.17, 15) is 0 Å². The molecule has 60 heavy (non-hydrogen) atoms. The molecular formula is C48H26N8O4. The Morgan fingerprint density at radius 1 is 0.283 bits per heavy atom. The smallest absolute Gasteiger partial charge is 0.164 e. The zero-order chi connectivity index (χ0) is 38.3. The maximum absolute atomic E-state index is 6.31. The lowest BCUT2D eigenvalue weighted by molar-refractivity contribution is 0.0877. The van der Waals surface area contributed by atoms with Crippen molar-refractivity contribution in [1.29, 1.82) is 0 Å². The molecule has 8 atom stereocenters. The average molecular weight is 779 g/mol. The van der Waals surface area contributed by atoms with Crippen molar-refractivity contribution >= 4 is 44.1 Å². The van der Waals surface area contributed by atoms with E-state index < -0.39 is 0 Å². The molecular weight excluding hydrogens is 753 g/mol. The summed E-state index contributed by atoms with van der Waals surface area (Å²) < 4.78 is 25.2. The summed E-state index contributed by atoms with van der Waals surface area (Å²) in [4.78, 5) is 39.3. The first kappa shape index (κ1) is 30.1. The Bertz CT molecular complexity index is 3200. The van der Waals surface area contributed by atoms with Gasteiger partial charge in [-0.05, 0) is 93.0 Å². The van der Waals surface area contributed by atoms with Crippen LogP contribution in [0.3, 0.4) is 0 Å². The number of ether oxygens (including phenoxy) is 4. The molecule has 0 fully saturated rings. The normalized spacial score (nSPS) is 27.5. The standard InChI is InChI=1S/C48H26N8O4/c1-2-34-18-10-26-25(9-17(18)33(1)57-34)41-49-42(26)54-44-29-13-21-22(38-6-5-37(21)59-38)14-30(29)46(51-44)56-48-32-16-24-23(39-7-8-40(24)60-39)15-31(32)47(52-48)55-45-28-12-20-19(35-3-4-36(20)58-35)11-27(28)43(50-45)53-41/h1-16,33-40H,(H2,49,50,51,52,53,54,55,56). The molecule has 0 amide bonds. The maximum atomic E-state index is 6.31. The first-order valence-electron chi connectivity index (χ1n) is 20.5. The largest absolute Gasteiger partial charge is 0.357 e. The molecule has 13 heterocycles. The Labute approximate surface area is 338 Å². The Morgan fingerprint density at radius 2 is 0.500 bits per heavy atom. The quantitative estimate of drug-likeness (QED) is 0.143. The van der Waals surface area contributed by atoms with Crippen LogP contribution in [-0.2, 0) is 18.9 Å². The van der Waals surface area contributed by atoms with Crippen molar-refractivity contribution in [1.82, 2.24) is 39.9 Å². The molecule has 12 heteroatoms. The van der Waals surface area contributed by atoms with Crippen molar-refractivity contribution in [3.05, 3.63) is 142 Å². The summed E-state index contributed by atoms with van der Waals surface area (Å²) in [5.74, 6) is 2.25. The highest BCUT2D eigenvalue weighted by Gasteiger charge is 2.40. The predicted molar refractivity (Wildman–Crippen MR) is 219 cm³/mol. The molecule has 7 aromatic rings. The van der Waals surface area contributed by atoms with E-state index in [0.717, 1.165) is 88.3 Å². The summed E-state index contributed by atoms with van der Waals surface area (Å²) >= 11 is 0. The molecule has 0 radical (unpaired) electrons. The third-order valence-electron chi connectivity index (χ3n) is 14.1.